The van der Waals surface area contributed by atoms with Crippen molar-refractivity contribution in [3.63, 3.8) is 0 Å². The Morgan fingerprint density at radius 3 is 2.69 bits per heavy atom. The predicted octanol–water partition coefficient (Wildman–Crippen LogP) is 3.42. The molecular weight excluding hydrogens is 348 g/mol. The lowest BCUT2D eigenvalue weighted by Crippen LogP contribution is -2.47. The van der Waals surface area contributed by atoms with Gasteiger partial charge in [-0.3, -0.25) is 4.79 Å². The van der Waals surface area contributed by atoms with E-state index in [1.54, 1.807) is 11.3 Å². The molecule has 0 atom stereocenters. The van der Waals surface area contributed by atoms with E-state index in [1.807, 2.05) is 17.0 Å². The van der Waals surface area contributed by atoms with Crippen LogP contribution in [0, 0.1) is 6.92 Å². The molecule has 2 fully saturated rings. The lowest BCUT2D eigenvalue weighted by Gasteiger charge is -2.37. The molecule has 0 radical (unpaired) electrons. The maximum absolute atomic E-state index is 12.5. The quantitative estimate of drug-likeness (QED) is 0.825. The molecule has 1 aromatic heterocycles. The van der Waals surface area contributed by atoms with Gasteiger partial charge in [0.25, 0.3) is 0 Å². The first-order valence-electron chi connectivity index (χ1n) is 9.21. The van der Waals surface area contributed by atoms with E-state index in [1.165, 1.54) is 11.1 Å². The normalized spacial score (nSPS) is 19.2. The van der Waals surface area contributed by atoms with Gasteiger partial charge in [0.2, 0.25) is 5.91 Å². The van der Waals surface area contributed by atoms with Crippen molar-refractivity contribution >= 4 is 17.2 Å². The van der Waals surface area contributed by atoms with Crippen LogP contribution < -0.4 is 0 Å². The summed E-state index contributed by atoms with van der Waals surface area (Å²) in [4.78, 5) is 19.2. The number of piperidine rings is 1. The van der Waals surface area contributed by atoms with Gasteiger partial charge in [0.1, 0.15) is 5.01 Å². The lowest BCUT2D eigenvalue weighted by molar-refractivity contribution is -0.187. The lowest BCUT2D eigenvalue weighted by atomic mass is 10.0. The van der Waals surface area contributed by atoms with Crippen molar-refractivity contribution in [2.24, 2.45) is 0 Å². The molecule has 1 aromatic carbocycles. The average Bonchev–Trinajstić information content (AvgIpc) is 3.31. The Bertz CT molecular complexity index is 773. The van der Waals surface area contributed by atoms with Crippen LogP contribution in [0.4, 0.5) is 0 Å². The van der Waals surface area contributed by atoms with Gasteiger partial charge in [0.15, 0.2) is 5.79 Å². The van der Waals surface area contributed by atoms with E-state index in [0.29, 0.717) is 39.1 Å². The molecule has 2 aliphatic rings. The SMILES string of the molecule is Cc1ccccc1-c1nc(CCC(=O)N2CCC3(CC2)OCCO3)cs1. The second-order valence-electron chi connectivity index (χ2n) is 6.95. The highest BCUT2D eigenvalue weighted by Crippen LogP contribution is 2.31. The molecule has 26 heavy (non-hydrogen) atoms. The van der Waals surface area contributed by atoms with Gasteiger partial charge < -0.3 is 14.4 Å². The van der Waals surface area contributed by atoms with Crippen LogP contribution in [-0.4, -0.2) is 47.9 Å². The average molecular weight is 372 g/mol. The van der Waals surface area contributed by atoms with Crippen molar-refractivity contribution in [1.29, 1.82) is 0 Å². The molecule has 0 saturated carbocycles. The number of rotatable bonds is 4. The number of benzene rings is 1. The van der Waals surface area contributed by atoms with Crippen molar-refractivity contribution in [3.05, 3.63) is 40.9 Å². The van der Waals surface area contributed by atoms with Gasteiger partial charge in [-0.05, 0) is 18.9 Å². The summed E-state index contributed by atoms with van der Waals surface area (Å²) < 4.78 is 11.4. The zero-order valence-electron chi connectivity index (χ0n) is 15.1. The minimum atomic E-state index is -0.422. The minimum Gasteiger partial charge on any atom is -0.347 e. The van der Waals surface area contributed by atoms with Gasteiger partial charge in [-0.2, -0.15) is 0 Å². The van der Waals surface area contributed by atoms with Crippen molar-refractivity contribution in [2.75, 3.05) is 26.3 Å². The predicted molar refractivity (Wildman–Crippen MR) is 101 cm³/mol. The second kappa shape index (κ2) is 7.47. The topological polar surface area (TPSA) is 51.7 Å². The summed E-state index contributed by atoms with van der Waals surface area (Å²) in [6, 6.07) is 8.27. The van der Waals surface area contributed by atoms with Crippen LogP contribution in [0.5, 0.6) is 0 Å². The maximum Gasteiger partial charge on any atom is 0.222 e. The number of aromatic nitrogens is 1. The van der Waals surface area contributed by atoms with Gasteiger partial charge in [0.05, 0.1) is 18.9 Å². The van der Waals surface area contributed by atoms with Gasteiger partial charge in [-0.25, -0.2) is 4.98 Å². The molecule has 4 rings (SSSR count). The number of hydrogen-bond donors (Lipinski definition) is 0. The maximum atomic E-state index is 12.5. The first-order valence-corrected chi connectivity index (χ1v) is 10.1. The number of amides is 1. The summed E-state index contributed by atoms with van der Waals surface area (Å²) in [5, 5.41) is 3.10. The Balaban J connectivity index is 1.31. The van der Waals surface area contributed by atoms with Gasteiger partial charge in [-0.15, -0.1) is 11.3 Å². The Labute approximate surface area is 157 Å². The van der Waals surface area contributed by atoms with Crippen molar-refractivity contribution in [2.45, 2.75) is 38.4 Å². The summed E-state index contributed by atoms with van der Waals surface area (Å²) in [5.74, 6) is -0.225. The molecule has 138 valence electrons. The Kier molecular flexibility index (Phi) is 5.07. The number of hydrogen-bond acceptors (Lipinski definition) is 5. The third kappa shape index (κ3) is 3.68. The van der Waals surface area contributed by atoms with E-state index >= 15 is 0 Å². The number of thiazole rings is 1. The Hall–Kier alpha value is -1.76. The molecule has 2 aromatic rings. The molecule has 1 spiro atoms. The molecule has 1 amide bonds. The zero-order chi connectivity index (χ0) is 18.0. The summed E-state index contributed by atoms with van der Waals surface area (Å²) in [6.07, 6.45) is 2.74. The van der Waals surface area contributed by atoms with E-state index in [2.05, 4.69) is 24.4 Å². The largest absolute Gasteiger partial charge is 0.347 e. The minimum absolute atomic E-state index is 0.197. The molecule has 6 heteroatoms. The molecular formula is C20H24N2O3S. The van der Waals surface area contributed by atoms with Gasteiger partial charge in [-0.1, -0.05) is 24.3 Å². The number of carbonyl (C=O) groups excluding carboxylic acids is 1. The first-order chi connectivity index (χ1) is 12.7. The van der Waals surface area contributed by atoms with Crippen LogP contribution in [0.3, 0.4) is 0 Å². The first kappa shape index (κ1) is 17.6. The summed E-state index contributed by atoms with van der Waals surface area (Å²) in [6.45, 7) is 4.86. The van der Waals surface area contributed by atoms with Crippen molar-refractivity contribution in [1.82, 2.24) is 9.88 Å². The van der Waals surface area contributed by atoms with Crippen LogP contribution in [0.1, 0.15) is 30.5 Å². The summed E-state index contributed by atoms with van der Waals surface area (Å²) >= 11 is 1.65. The number of carbonyl (C=O) groups is 1. The van der Waals surface area contributed by atoms with Crippen LogP contribution >= 0.6 is 11.3 Å². The molecule has 2 saturated heterocycles. The highest BCUT2D eigenvalue weighted by Gasteiger charge is 2.40. The number of likely N-dealkylation sites (tertiary alicyclic amines) is 1. The van der Waals surface area contributed by atoms with Crippen LogP contribution in [0.25, 0.3) is 10.6 Å². The number of ether oxygens (including phenoxy) is 2. The van der Waals surface area contributed by atoms with E-state index < -0.39 is 5.79 Å². The zero-order valence-corrected chi connectivity index (χ0v) is 15.9. The molecule has 0 N–H and O–H groups in total. The van der Waals surface area contributed by atoms with Crippen LogP contribution in [0.2, 0.25) is 0 Å². The Morgan fingerprint density at radius 2 is 1.96 bits per heavy atom. The monoisotopic (exact) mass is 372 g/mol. The smallest absolute Gasteiger partial charge is 0.222 e. The van der Waals surface area contributed by atoms with Gasteiger partial charge in [0, 0.05) is 43.3 Å². The molecule has 0 aliphatic carbocycles. The third-order valence-electron chi connectivity index (χ3n) is 5.21. The van der Waals surface area contributed by atoms with Crippen LogP contribution in [0.15, 0.2) is 29.6 Å². The van der Waals surface area contributed by atoms with E-state index in [4.69, 9.17) is 14.5 Å². The fourth-order valence-electron chi connectivity index (χ4n) is 3.63. The van der Waals surface area contributed by atoms with Crippen molar-refractivity contribution in [3.8, 4) is 10.6 Å². The highest BCUT2D eigenvalue weighted by atomic mass is 32.1. The third-order valence-corrected chi connectivity index (χ3v) is 6.14. The van der Waals surface area contributed by atoms with Crippen molar-refractivity contribution < 1.29 is 14.3 Å². The Morgan fingerprint density at radius 1 is 1.23 bits per heavy atom. The van der Waals surface area contributed by atoms with E-state index in [-0.39, 0.29) is 5.91 Å². The number of nitrogens with zero attached hydrogens (tertiary/aromatic N) is 2. The summed E-state index contributed by atoms with van der Waals surface area (Å²) in [5.41, 5.74) is 3.40. The fourth-order valence-corrected chi connectivity index (χ4v) is 4.58. The van der Waals surface area contributed by atoms with E-state index in [9.17, 15) is 4.79 Å². The molecule has 0 unspecified atom stereocenters. The fraction of sp³-hybridized carbons (Fsp3) is 0.500. The molecule has 0 bridgehead atoms. The summed E-state index contributed by atoms with van der Waals surface area (Å²) in [7, 11) is 0. The standard InChI is InChI=1S/C20H24N2O3S/c1-15-4-2-3-5-17(15)19-21-16(14-26-19)6-7-18(23)22-10-8-20(9-11-22)24-12-13-25-20/h2-5,14H,6-13H2,1H3. The van der Waals surface area contributed by atoms with Gasteiger partial charge >= 0.3 is 0 Å². The highest BCUT2D eigenvalue weighted by molar-refractivity contribution is 7.13. The number of aryl methyl sites for hydroxylation is 2. The molecule has 5 nitrogen and oxygen atoms in total. The van der Waals surface area contributed by atoms with Crippen LogP contribution in [-0.2, 0) is 20.7 Å². The van der Waals surface area contributed by atoms with E-state index in [0.717, 1.165) is 23.5 Å². The molecule has 3 heterocycles. The molecule has 2 aliphatic heterocycles. The second-order valence-corrected chi connectivity index (χ2v) is 7.81.